The number of rotatable bonds is 6. The summed E-state index contributed by atoms with van der Waals surface area (Å²) in [6.07, 6.45) is 7.81. The van der Waals surface area contributed by atoms with E-state index in [1.807, 2.05) is 0 Å². The van der Waals surface area contributed by atoms with Crippen LogP contribution in [0.1, 0.15) is 37.7 Å². The van der Waals surface area contributed by atoms with E-state index >= 15 is 0 Å². The zero-order valence-corrected chi connectivity index (χ0v) is 11.4. The molecule has 0 bridgehead atoms. The number of benzene rings is 1. The number of ether oxygens (including phenoxy) is 1. The molecule has 0 saturated carbocycles. The minimum absolute atomic E-state index is 0.430. The van der Waals surface area contributed by atoms with Crippen LogP contribution in [0.3, 0.4) is 0 Å². The molecule has 2 nitrogen and oxygen atoms in total. The molecule has 0 spiro atoms. The Kier molecular flexibility index (Phi) is 5.69. The zero-order valence-electron chi connectivity index (χ0n) is 11.4. The number of hydrogen-bond acceptors (Lipinski definition) is 2. The minimum Gasteiger partial charge on any atom is -0.377 e. The van der Waals surface area contributed by atoms with Gasteiger partial charge in [-0.05, 0) is 51.1 Å². The van der Waals surface area contributed by atoms with E-state index in [9.17, 15) is 0 Å². The summed E-state index contributed by atoms with van der Waals surface area (Å²) < 4.78 is 5.87. The SMILES string of the molecule is CNC(CCCc1ccccc1)C1CCCCO1. The van der Waals surface area contributed by atoms with Gasteiger partial charge in [0.05, 0.1) is 6.10 Å². The first-order chi connectivity index (χ1) is 8.90. The van der Waals surface area contributed by atoms with E-state index in [-0.39, 0.29) is 0 Å². The maximum Gasteiger partial charge on any atom is 0.0727 e. The summed E-state index contributed by atoms with van der Waals surface area (Å²) >= 11 is 0. The van der Waals surface area contributed by atoms with Crippen LogP contribution >= 0.6 is 0 Å². The highest BCUT2D eigenvalue weighted by atomic mass is 16.5. The van der Waals surface area contributed by atoms with Gasteiger partial charge < -0.3 is 10.1 Å². The highest BCUT2D eigenvalue weighted by Gasteiger charge is 2.22. The molecule has 1 aliphatic heterocycles. The van der Waals surface area contributed by atoms with Gasteiger partial charge in [0, 0.05) is 12.6 Å². The van der Waals surface area contributed by atoms with Gasteiger partial charge in [-0.2, -0.15) is 0 Å². The molecule has 2 atom stereocenters. The van der Waals surface area contributed by atoms with Crippen LogP contribution in [0, 0.1) is 0 Å². The van der Waals surface area contributed by atoms with Crippen molar-refractivity contribution in [1.82, 2.24) is 5.32 Å². The Morgan fingerprint density at radius 3 is 2.78 bits per heavy atom. The molecule has 1 heterocycles. The van der Waals surface area contributed by atoms with Crippen LogP contribution in [0.15, 0.2) is 30.3 Å². The third kappa shape index (κ3) is 4.11. The van der Waals surface area contributed by atoms with Gasteiger partial charge in [0.15, 0.2) is 0 Å². The van der Waals surface area contributed by atoms with Gasteiger partial charge in [-0.25, -0.2) is 0 Å². The van der Waals surface area contributed by atoms with Crippen molar-refractivity contribution in [3.05, 3.63) is 35.9 Å². The summed E-state index contributed by atoms with van der Waals surface area (Å²) in [7, 11) is 2.06. The van der Waals surface area contributed by atoms with Crippen LogP contribution in [-0.4, -0.2) is 25.8 Å². The largest absolute Gasteiger partial charge is 0.377 e. The first-order valence-electron chi connectivity index (χ1n) is 7.23. The maximum absolute atomic E-state index is 5.87. The lowest BCUT2D eigenvalue weighted by Gasteiger charge is -2.30. The molecular weight excluding hydrogens is 222 g/mol. The van der Waals surface area contributed by atoms with Crippen molar-refractivity contribution in [2.24, 2.45) is 0 Å². The Hall–Kier alpha value is -0.860. The molecule has 18 heavy (non-hydrogen) atoms. The second-order valence-electron chi connectivity index (χ2n) is 5.18. The summed E-state index contributed by atoms with van der Waals surface area (Å²) in [6.45, 7) is 0.946. The summed E-state index contributed by atoms with van der Waals surface area (Å²) in [6, 6.07) is 11.3. The van der Waals surface area contributed by atoms with Gasteiger partial charge in [-0.3, -0.25) is 0 Å². The van der Waals surface area contributed by atoms with E-state index in [2.05, 4.69) is 42.7 Å². The van der Waals surface area contributed by atoms with Gasteiger partial charge in [-0.1, -0.05) is 30.3 Å². The molecule has 0 aliphatic carbocycles. The van der Waals surface area contributed by atoms with Crippen LogP contribution < -0.4 is 5.32 Å². The monoisotopic (exact) mass is 247 g/mol. The summed E-state index contributed by atoms with van der Waals surface area (Å²) in [4.78, 5) is 0. The predicted molar refractivity (Wildman–Crippen MR) is 75.8 cm³/mol. The highest BCUT2D eigenvalue weighted by Crippen LogP contribution is 2.19. The van der Waals surface area contributed by atoms with E-state index in [0.717, 1.165) is 6.61 Å². The Morgan fingerprint density at radius 2 is 2.11 bits per heavy atom. The van der Waals surface area contributed by atoms with Crippen LogP contribution in [0.25, 0.3) is 0 Å². The molecule has 2 unspecified atom stereocenters. The predicted octanol–water partition coefficient (Wildman–Crippen LogP) is 3.17. The molecule has 0 aromatic heterocycles. The molecule has 0 amide bonds. The lowest BCUT2D eigenvalue weighted by atomic mass is 9.96. The summed E-state index contributed by atoms with van der Waals surface area (Å²) in [5, 5.41) is 3.43. The minimum atomic E-state index is 0.430. The van der Waals surface area contributed by atoms with Gasteiger partial charge in [0.25, 0.3) is 0 Å². The van der Waals surface area contributed by atoms with Crippen molar-refractivity contribution < 1.29 is 4.74 Å². The van der Waals surface area contributed by atoms with E-state index in [1.54, 1.807) is 0 Å². The molecule has 1 saturated heterocycles. The van der Waals surface area contributed by atoms with E-state index < -0.39 is 0 Å². The van der Waals surface area contributed by atoms with Crippen molar-refractivity contribution in [3.63, 3.8) is 0 Å². The fourth-order valence-corrected chi connectivity index (χ4v) is 2.77. The molecule has 1 fully saturated rings. The van der Waals surface area contributed by atoms with E-state index in [0.29, 0.717) is 12.1 Å². The van der Waals surface area contributed by atoms with Crippen molar-refractivity contribution >= 4 is 0 Å². The maximum atomic E-state index is 5.87. The Balaban J connectivity index is 1.73. The summed E-state index contributed by atoms with van der Waals surface area (Å²) in [5.74, 6) is 0. The molecule has 100 valence electrons. The molecule has 1 aliphatic rings. The molecule has 2 rings (SSSR count). The van der Waals surface area contributed by atoms with Gasteiger partial charge in [-0.15, -0.1) is 0 Å². The third-order valence-corrected chi connectivity index (χ3v) is 3.86. The molecule has 1 N–H and O–H groups in total. The van der Waals surface area contributed by atoms with Crippen LogP contribution in [0.5, 0.6) is 0 Å². The average molecular weight is 247 g/mol. The molecule has 2 heteroatoms. The number of likely N-dealkylation sites (N-methyl/N-ethyl adjacent to an activating group) is 1. The van der Waals surface area contributed by atoms with E-state index in [1.165, 1.54) is 44.1 Å². The van der Waals surface area contributed by atoms with Crippen molar-refractivity contribution in [2.45, 2.75) is 50.7 Å². The zero-order chi connectivity index (χ0) is 12.6. The standard InChI is InChI=1S/C16H25NO/c1-17-15(16-12-5-6-13-18-16)11-7-10-14-8-3-2-4-9-14/h2-4,8-9,15-17H,5-7,10-13H2,1H3. The first-order valence-corrected chi connectivity index (χ1v) is 7.23. The van der Waals surface area contributed by atoms with Crippen molar-refractivity contribution in [1.29, 1.82) is 0 Å². The second kappa shape index (κ2) is 7.55. The molecular formula is C16H25NO. The smallest absolute Gasteiger partial charge is 0.0727 e. The second-order valence-corrected chi connectivity index (χ2v) is 5.18. The quantitative estimate of drug-likeness (QED) is 0.833. The average Bonchev–Trinajstić information content (AvgIpc) is 2.46. The Labute approximate surface area is 111 Å². The van der Waals surface area contributed by atoms with Crippen LogP contribution in [0.2, 0.25) is 0 Å². The third-order valence-electron chi connectivity index (χ3n) is 3.86. The van der Waals surface area contributed by atoms with Crippen LogP contribution in [0.4, 0.5) is 0 Å². The number of hydrogen-bond donors (Lipinski definition) is 1. The van der Waals surface area contributed by atoms with Crippen LogP contribution in [-0.2, 0) is 11.2 Å². The normalized spacial score (nSPS) is 21.7. The van der Waals surface area contributed by atoms with Crippen molar-refractivity contribution in [2.75, 3.05) is 13.7 Å². The van der Waals surface area contributed by atoms with Gasteiger partial charge >= 0.3 is 0 Å². The lowest BCUT2D eigenvalue weighted by Crippen LogP contribution is -2.41. The van der Waals surface area contributed by atoms with E-state index in [4.69, 9.17) is 4.74 Å². The number of nitrogens with one attached hydrogen (secondary N) is 1. The number of aryl methyl sites for hydroxylation is 1. The van der Waals surface area contributed by atoms with Gasteiger partial charge in [0.2, 0.25) is 0 Å². The molecule has 1 aromatic rings. The molecule has 1 aromatic carbocycles. The fraction of sp³-hybridized carbons (Fsp3) is 0.625. The Morgan fingerprint density at radius 1 is 1.28 bits per heavy atom. The Bertz CT molecular complexity index is 319. The van der Waals surface area contributed by atoms with Gasteiger partial charge in [0.1, 0.15) is 0 Å². The first kappa shape index (κ1) is 13.6. The topological polar surface area (TPSA) is 21.3 Å². The lowest BCUT2D eigenvalue weighted by molar-refractivity contribution is -0.00803. The fourth-order valence-electron chi connectivity index (χ4n) is 2.77. The summed E-state index contributed by atoms with van der Waals surface area (Å²) in [5.41, 5.74) is 1.44. The highest BCUT2D eigenvalue weighted by molar-refractivity contribution is 5.14. The molecule has 0 radical (unpaired) electrons. The van der Waals surface area contributed by atoms with Crippen molar-refractivity contribution in [3.8, 4) is 0 Å².